The van der Waals surface area contributed by atoms with Crippen LogP contribution in [0.5, 0.6) is 0 Å². The number of hydrogen-bond donors (Lipinski definition) is 0. The highest BCUT2D eigenvalue weighted by Gasteiger charge is 2.44. The monoisotopic (exact) mass is 643 g/mol. The van der Waals surface area contributed by atoms with Crippen LogP contribution in [0.25, 0.3) is 44.2 Å². The van der Waals surface area contributed by atoms with E-state index in [1.54, 1.807) is 0 Å². The highest BCUT2D eigenvalue weighted by Crippen LogP contribution is 2.61. The molecule has 0 saturated heterocycles. The molecule has 242 valence electrons. The van der Waals surface area contributed by atoms with Gasteiger partial charge in [-0.3, -0.25) is 0 Å². The van der Waals surface area contributed by atoms with Gasteiger partial charge in [0.1, 0.15) is 0 Å². The number of nitrogens with zero attached hydrogens (tertiary/aromatic N) is 1. The van der Waals surface area contributed by atoms with Gasteiger partial charge in [-0.2, -0.15) is 0 Å². The summed E-state index contributed by atoms with van der Waals surface area (Å²) in [6, 6.07) is 52.7. The average Bonchev–Trinajstić information content (AvgIpc) is 3.63. The molecule has 1 nitrogen and oxygen atoms in total. The minimum atomic E-state index is -0.187. The lowest BCUT2D eigenvalue weighted by atomic mass is 9.79. The van der Waals surface area contributed by atoms with Gasteiger partial charge in [0.15, 0.2) is 0 Å². The number of hydrogen-bond acceptors (Lipinski definition) is 1. The Morgan fingerprint density at radius 1 is 0.360 bits per heavy atom. The van der Waals surface area contributed by atoms with Gasteiger partial charge in [0.05, 0.1) is 17.1 Å². The Hall–Kier alpha value is -5.40. The van der Waals surface area contributed by atoms with Gasteiger partial charge in [-0.15, -0.1) is 0 Å². The first-order chi connectivity index (χ1) is 24.1. The van der Waals surface area contributed by atoms with Crippen molar-refractivity contribution in [3.8, 4) is 33.4 Å². The lowest BCUT2D eigenvalue weighted by molar-refractivity contribution is 0.659. The molecule has 0 heterocycles. The van der Waals surface area contributed by atoms with E-state index in [1.807, 2.05) is 0 Å². The fourth-order valence-corrected chi connectivity index (χ4v) is 10.1. The zero-order chi connectivity index (χ0) is 34.2. The molecule has 0 bridgehead atoms. The summed E-state index contributed by atoms with van der Waals surface area (Å²) < 4.78 is 0. The molecule has 0 aromatic heterocycles. The average molecular weight is 644 g/mol. The van der Waals surface area contributed by atoms with Crippen LogP contribution in [0, 0.1) is 0 Å². The van der Waals surface area contributed by atoms with Gasteiger partial charge in [-0.25, -0.2) is 0 Å². The maximum Gasteiger partial charge on any atom is 0.0550 e. The van der Waals surface area contributed by atoms with Crippen LogP contribution in [0.2, 0.25) is 0 Å². The van der Waals surface area contributed by atoms with Gasteiger partial charge in [0.2, 0.25) is 0 Å². The second-order valence-corrected chi connectivity index (χ2v) is 16.1. The van der Waals surface area contributed by atoms with Crippen LogP contribution in [-0.2, 0) is 16.2 Å². The van der Waals surface area contributed by atoms with Crippen LogP contribution < -0.4 is 4.90 Å². The molecule has 7 aromatic carbocycles. The maximum absolute atomic E-state index is 2.66. The lowest BCUT2D eigenvalue weighted by Crippen LogP contribution is -2.22. The second kappa shape index (κ2) is 9.86. The number of rotatable bonds is 3. The van der Waals surface area contributed by atoms with Gasteiger partial charge < -0.3 is 4.90 Å². The van der Waals surface area contributed by atoms with Crippen molar-refractivity contribution in [2.24, 2.45) is 0 Å². The molecule has 1 heteroatoms. The Morgan fingerprint density at radius 3 is 1.60 bits per heavy atom. The topological polar surface area (TPSA) is 3.24 Å². The Kier molecular flexibility index (Phi) is 5.82. The summed E-state index contributed by atoms with van der Waals surface area (Å²) in [6.07, 6.45) is 0. The predicted molar refractivity (Wildman–Crippen MR) is 211 cm³/mol. The SMILES string of the molecule is CC1(C)c2ccccc2-c2c(N(c3cc4ccccc4c4c3-c3ccccc3C4(C)C)c3cccc4c3C(C)(C)c3ccccc3-4)cccc21. The Morgan fingerprint density at radius 2 is 0.860 bits per heavy atom. The molecule has 7 aromatic rings. The zero-order valence-electron chi connectivity index (χ0n) is 29.7. The molecule has 0 fully saturated rings. The number of benzene rings is 7. The third kappa shape index (κ3) is 3.63. The van der Waals surface area contributed by atoms with E-state index in [0.29, 0.717) is 0 Å². The van der Waals surface area contributed by atoms with Crippen molar-refractivity contribution in [1.82, 2.24) is 0 Å². The summed E-state index contributed by atoms with van der Waals surface area (Å²) in [7, 11) is 0. The summed E-state index contributed by atoms with van der Waals surface area (Å²) in [6.45, 7) is 14.4. The van der Waals surface area contributed by atoms with Crippen molar-refractivity contribution in [2.45, 2.75) is 57.8 Å². The zero-order valence-corrected chi connectivity index (χ0v) is 29.7. The van der Waals surface area contributed by atoms with Crippen molar-refractivity contribution < 1.29 is 0 Å². The van der Waals surface area contributed by atoms with Crippen LogP contribution in [0.15, 0.2) is 140 Å². The molecule has 0 amide bonds. The second-order valence-electron chi connectivity index (χ2n) is 16.1. The minimum absolute atomic E-state index is 0.109. The van der Waals surface area contributed by atoms with E-state index in [-0.39, 0.29) is 16.2 Å². The highest BCUT2D eigenvalue weighted by molar-refractivity contribution is 6.08. The summed E-state index contributed by atoms with van der Waals surface area (Å²) >= 11 is 0. The molecule has 0 saturated carbocycles. The third-order valence-electron chi connectivity index (χ3n) is 12.4. The Labute approximate surface area is 295 Å². The standard InChI is InChI=1S/C49H41N/c1-47(2)37-24-13-10-20-34(37)43-39(47)26-16-27-40(43)50(41-28-15-22-33-32-19-9-12-23-36(32)48(3,4)45(33)41)42-29-30-17-7-8-18-31(30)46-44(42)35-21-11-14-25-38(35)49(46,5)6/h7-29H,1-6H3. The molecule has 0 aliphatic heterocycles. The summed E-state index contributed by atoms with van der Waals surface area (Å²) in [5, 5.41) is 2.61. The molecule has 0 unspecified atom stereocenters. The molecular formula is C49H41N. The third-order valence-corrected chi connectivity index (χ3v) is 12.4. The van der Waals surface area contributed by atoms with Crippen molar-refractivity contribution in [1.29, 1.82) is 0 Å². The molecule has 0 N–H and O–H groups in total. The van der Waals surface area contributed by atoms with Crippen LogP contribution >= 0.6 is 0 Å². The van der Waals surface area contributed by atoms with Gasteiger partial charge in [-0.1, -0.05) is 163 Å². The first-order valence-electron chi connectivity index (χ1n) is 18.0. The quantitative estimate of drug-likeness (QED) is 0.185. The highest BCUT2D eigenvalue weighted by atomic mass is 15.2. The van der Waals surface area contributed by atoms with Gasteiger partial charge in [0.25, 0.3) is 0 Å². The summed E-state index contributed by atoms with van der Waals surface area (Å²) in [4.78, 5) is 2.66. The first-order valence-corrected chi connectivity index (χ1v) is 18.0. The maximum atomic E-state index is 2.66. The largest absolute Gasteiger partial charge is 0.309 e. The van der Waals surface area contributed by atoms with E-state index in [9.17, 15) is 0 Å². The van der Waals surface area contributed by atoms with Crippen molar-refractivity contribution in [3.05, 3.63) is 173 Å². The number of anilines is 3. The van der Waals surface area contributed by atoms with E-state index < -0.39 is 0 Å². The van der Waals surface area contributed by atoms with E-state index in [1.165, 1.54) is 94.6 Å². The molecule has 0 atom stereocenters. The van der Waals surface area contributed by atoms with Crippen molar-refractivity contribution in [3.63, 3.8) is 0 Å². The fraction of sp³-hybridized carbons (Fsp3) is 0.184. The first kappa shape index (κ1) is 29.5. The lowest BCUT2D eigenvalue weighted by Gasteiger charge is -2.35. The van der Waals surface area contributed by atoms with Gasteiger partial charge >= 0.3 is 0 Å². The van der Waals surface area contributed by atoms with Crippen LogP contribution in [-0.4, -0.2) is 0 Å². The minimum Gasteiger partial charge on any atom is -0.309 e. The van der Waals surface area contributed by atoms with Crippen molar-refractivity contribution in [2.75, 3.05) is 4.90 Å². The van der Waals surface area contributed by atoms with Gasteiger partial charge in [0, 0.05) is 27.4 Å². The van der Waals surface area contributed by atoms with Crippen LogP contribution in [0.4, 0.5) is 17.1 Å². The van der Waals surface area contributed by atoms with Gasteiger partial charge in [-0.05, 0) is 84.6 Å². The van der Waals surface area contributed by atoms with E-state index in [0.717, 1.165) is 0 Å². The molecule has 10 rings (SSSR count). The number of fused-ring (bicyclic) bond motifs is 11. The smallest absolute Gasteiger partial charge is 0.0550 e. The summed E-state index contributed by atoms with van der Waals surface area (Å²) in [5.41, 5.74) is 19.7. The Bertz CT molecular complexity index is 2580. The molecule has 0 radical (unpaired) electrons. The Balaban J connectivity index is 1.39. The molecular weight excluding hydrogens is 603 g/mol. The molecule has 0 spiro atoms. The van der Waals surface area contributed by atoms with E-state index in [2.05, 4.69) is 186 Å². The normalized spacial score (nSPS) is 16.3. The van der Waals surface area contributed by atoms with Crippen molar-refractivity contribution >= 4 is 27.8 Å². The fourth-order valence-electron chi connectivity index (χ4n) is 10.1. The molecule has 3 aliphatic carbocycles. The summed E-state index contributed by atoms with van der Waals surface area (Å²) in [5.74, 6) is 0. The van der Waals surface area contributed by atoms with Crippen LogP contribution in [0.3, 0.4) is 0 Å². The van der Waals surface area contributed by atoms with Crippen LogP contribution in [0.1, 0.15) is 74.9 Å². The predicted octanol–water partition coefficient (Wildman–Crippen LogP) is 13.2. The van der Waals surface area contributed by atoms with E-state index >= 15 is 0 Å². The van der Waals surface area contributed by atoms with E-state index in [4.69, 9.17) is 0 Å². The molecule has 3 aliphatic rings. The molecule has 50 heavy (non-hydrogen) atoms.